The summed E-state index contributed by atoms with van der Waals surface area (Å²) in [4.78, 5) is -0.306. The quantitative estimate of drug-likeness (QED) is 0.696. The van der Waals surface area contributed by atoms with Gasteiger partial charge in [0.25, 0.3) is 0 Å². The van der Waals surface area contributed by atoms with Gasteiger partial charge in [0.15, 0.2) is 9.84 Å². The average molecular weight is 203 g/mol. The largest absolute Gasteiger partial charge is 0.398 e. The second-order valence-electron chi connectivity index (χ2n) is 2.91. The van der Waals surface area contributed by atoms with Crippen LogP contribution in [-0.2, 0) is 9.84 Å². The molecule has 13 heavy (non-hydrogen) atoms. The van der Waals surface area contributed by atoms with Gasteiger partial charge in [0.1, 0.15) is 10.7 Å². The summed E-state index contributed by atoms with van der Waals surface area (Å²) in [6.45, 7) is 1.63. The van der Waals surface area contributed by atoms with Crippen LogP contribution in [0.5, 0.6) is 0 Å². The van der Waals surface area contributed by atoms with Crippen LogP contribution >= 0.6 is 0 Å². The maximum absolute atomic E-state index is 13.1. The van der Waals surface area contributed by atoms with Gasteiger partial charge in [-0.25, -0.2) is 12.8 Å². The SMILES string of the molecule is Cc1cc(S(C)(=O)=O)c(F)cc1N. The van der Waals surface area contributed by atoms with Crippen molar-refractivity contribution in [3.63, 3.8) is 0 Å². The van der Waals surface area contributed by atoms with Crippen LogP contribution in [0.15, 0.2) is 17.0 Å². The Morgan fingerprint density at radius 1 is 1.38 bits per heavy atom. The van der Waals surface area contributed by atoms with Gasteiger partial charge in [0.2, 0.25) is 0 Å². The number of nitrogen functional groups attached to an aromatic ring is 1. The van der Waals surface area contributed by atoms with Crippen LogP contribution in [0.1, 0.15) is 5.56 Å². The second-order valence-corrected chi connectivity index (χ2v) is 4.90. The topological polar surface area (TPSA) is 60.2 Å². The summed E-state index contributed by atoms with van der Waals surface area (Å²) >= 11 is 0. The van der Waals surface area contributed by atoms with Crippen LogP contribution in [0.4, 0.5) is 10.1 Å². The van der Waals surface area contributed by atoms with E-state index < -0.39 is 15.7 Å². The molecule has 2 N–H and O–H groups in total. The number of benzene rings is 1. The zero-order valence-electron chi connectivity index (χ0n) is 7.33. The molecule has 0 aliphatic heterocycles. The van der Waals surface area contributed by atoms with Crippen molar-refractivity contribution in [3.05, 3.63) is 23.5 Å². The van der Waals surface area contributed by atoms with Crippen molar-refractivity contribution in [2.45, 2.75) is 11.8 Å². The summed E-state index contributed by atoms with van der Waals surface area (Å²) in [7, 11) is -3.50. The molecule has 1 aromatic carbocycles. The molecule has 0 aliphatic rings. The van der Waals surface area contributed by atoms with Crippen molar-refractivity contribution < 1.29 is 12.8 Å². The lowest BCUT2D eigenvalue weighted by Crippen LogP contribution is -2.03. The van der Waals surface area contributed by atoms with Crippen molar-refractivity contribution in [2.75, 3.05) is 12.0 Å². The number of rotatable bonds is 1. The average Bonchev–Trinajstić information content (AvgIpc) is 1.94. The highest BCUT2D eigenvalue weighted by atomic mass is 32.2. The first-order valence-electron chi connectivity index (χ1n) is 3.58. The van der Waals surface area contributed by atoms with Crippen LogP contribution in [0, 0.1) is 12.7 Å². The number of hydrogen-bond acceptors (Lipinski definition) is 3. The number of halogens is 1. The third kappa shape index (κ3) is 1.98. The smallest absolute Gasteiger partial charge is 0.178 e. The van der Waals surface area contributed by atoms with E-state index in [1.165, 1.54) is 6.07 Å². The third-order valence-electron chi connectivity index (χ3n) is 1.72. The molecule has 3 nitrogen and oxygen atoms in total. The van der Waals surface area contributed by atoms with Gasteiger partial charge in [-0.05, 0) is 24.6 Å². The van der Waals surface area contributed by atoms with Gasteiger partial charge < -0.3 is 5.73 Å². The minimum Gasteiger partial charge on any atom is -0.398 e. The number of aryl methyl sites for hydroxylation is 1. The van der Waals surface area contributed by atoms with Gasteiger partial charge in [-0.3, -0.25) is 0 Å². The molecule has 0 atom stereocenters. The maximum Gasteiger partial charge on any atom is 0.178 e. The molecule has 0 radical (unpaired) electrons. The van der Waals surface area contributed by atoms with Gasteiger partial charge in [-0.15, -0.1) is 0 Å². The van der Waals surface area contributed by atoms with Gasteiger partial charge in [-0.2, -0.15) is 0 Å². The minimum atomic E-state index is -3.50. The molecular weight excluding hydrogens is 193 g/mol. The van der Waals surface area contributed by atoms with E-state index in [9.17, 15) is 12.8 Å². The monoisotopic (exact) mass is 203 g/mol. The van der Waals surface area contributed by atoms with Crippen molar-refractivity contribution in [1.29, 1.82) is 0 Å². The fraction of sp³-hybridized carbons (Fsp3) is 0.250. The maximum atomic E-state index is 13.1. The summed E-state index contributed by atoms with van der Waals surface area (Å²) in [5.74, 6) is -0.800. The predicted molar refractivity (Wildman–Crippen MR) is 48.7 cm³/mol. The first-order valence-corrected chi connectivity index (χ1v) is 5.47. The van der Waals surface area contributed by atoms with Gasteiger partial charge in [0, 0.05) is 11.9 Å². The molecule has 0 fully saturated rings. The fourth-order valence-electron chi connectivity index (χ4n) is 0.955. The van der Waals surface area contributed by atoms with Crippen molar-refractivity contribution in [1.82, 2.24) is 0 Å². The summed E-state index contributed by atoms with van der Waals surface area (Å²) in [5.41, 5.74) is 6.21. The molecular formula is C8H10FNO2S. The Kier molecular flexibility index (Phi) is 2.30. The molecule has 0 aliphatic carbocycles. The molecule has 0 heterocycles. The van der Waals surface area contributed by atoms with E-state index >= 15 is 0 Å². The van der Waals surface area contributed by atoms with Gasteiger partial charge >= 0.3 is 0 Å². The van der Waals surface area contributed by atoms with Crippen LogP contribution < -0.4 is 5.73 Å². The van der Waals surface area contributed by atoms with Crippen LogP contribution in [0.2, 0.25) is 0 Å². The van der Waals surface area contributed by atoms with E-state index in [0.717, 1.165) is 12.3 Å². The highest BCUT2D eigenvalue weighted by Crippen LogP contribution is 2.20. The lowest BCUT2D eigenvalue weighted by molar-refractivity contribution is 0.570. The summed E-state index contributed by atoms with van der Waals surface area (Å²) in [5, 5.41) is 0. The fourth-order valence-corrected chi connectivity index (χ4v) is 1.76. The Bertz CT molecular complexity index is 440. The van der Waals surface area contributed by atoms with Crippen LogP contribution in [0.3, 0.4) is 0 Å². The van der Waals surface area contributed by atoms with Gasteiger partial charge in [0.05, 0.1) is 0 Å². The summed E-state index contributed by atoms with van der Waals surface area (Å²) in [6, 6.07) is 2.26. The highest BCUT2D eigenvalue weighted by molar-refractivity contribution is 7.90. The molecule has 0 bridgehead atoms. The summed E-state index contributed by atoms with van der Waals surface area (Å²) in [6.07, 6.45) is 0.959. The molecule has 1 rings (SSSR count). The van der Waals surface area contributed by atoms with Crippen LogP contribution in [-0.4, -0.2) is 14.7 Å². The molecule has 0 unspecified atom stereocenters. The second kappa shape index (κ2) is 2.99. The molecule has 0 saturated heterocycles. The molecule has 72 valence electrons. The lowest BCUT2D eigenvalue weighted by atomic mass is 10.2. The minimum absolute atomic E-state index is 0.255. The Morgan fingerprint density at radius 2 is 1.92 bits per heavy atom. The Balaban J connectivity index is 3.50. The van der Waals surface area contributed by atoms with E-state index in [1.807, 2.05) is 0 Å². The Labute approximate surface area is 76.3 Å². The first-order chi connectivity index (χ1) is 5.82. The number of hydrogen-bond donors (Lipinski definition) is 1. The van der Waals surface area contributed by atoms with E-state index in [2.05, 4.69) is 0 Å². The normalized spacial score (nSPS) is 11.6. The highest BCUT2D eigenvalue weighted by Gasteiger charge is 2.14. The van der Waals surface area contributed by atoms with E-state index in [1.54, 1.807) is 6.92 Å². The molecule has 5 heteroatoms. The molecule has 0 aromatic heterocycles. The van der Waals surface area contributed by atoms with Crippen molar-refractivity contribution in [3.8, 4) is 0 Å². The van der Waals surface area contributed by atoms with Crippen molar-refractivity contribution in [2.24, 2.45) is 0 Å². The summed E-state index contributed by atoms with van der Waals surface area (Å²) < 4.78 is 35.1. The number of anilines is 1. The number of sulfone groups is 1. The Morgan fingerprint density at radius 3 is 2.38 bits per heavy atom. The van der Waals surface area contributed by atoms with E-state index in [-0.39, 0.29) is 10.6 Å². The molecule has 0 saturated carbocycles. The zero-order valence-corrected chi connectivity index (χ0v) is 8.15. The molecule has 0 amide bonds. The van der Waals surface area contributed by atoms with E-state index in [4.69, 9.17) is 5.73 Å². The third-order valence-corrected chi connectivity index (χ3v) is 2.83. The Hall–Kier alpha value is -1.10. The van der Waals surface area contributed by atoms with Crippen molar-refractivity contribution >= 4 is 15.5 Å². The lowest BCUT2D eigenvalue weighted by Gasteiger charge is -2.04. The number of nitrogens with two attached hydrogens (primary N) is 1. The molecule has 1 aromatic rings. The zero-order chi connectivity index (χ0) is 10.2. The van der Waals surface area contributed by atoms with Gasteiger partial charge in [-0.1, -0.05) is 0 Å². The van der Waals surface area contributed by atoms with E-state index in [0.29, 0.717) is 5.56 Å². The predicted octanol–water partition coefficient (Wildman–Crippen LogP) is 1.12. The first kappa shape index (κ1) is 9.98. The van der Waals surface area contributed by atoms with Crippen LogP contribution in [0.25, 0.3) is 0 Å². The molecule has 0 spiro atoms. The standard InChI is InChI=1S/C8H10FNO2S/c1-5-3-8(13(2,11)12)6(9)4-7(5)10/h3-4H,10H2,1-2H3.